The van der Waals surface area contributed by atoms with E-state index in [1.807, 2.05) is 18.2 Å². The second-order valence-electron chi connectivity index (χ2n) is 4.86. The molecule has 0 atom stereocenters. The van der Waals surface area contributed by atoms with Crippen molar-refractivity contribution in [2.75, 3.05) is 6.61 Å². The Labute approximate surface area is 109 Å². The van der Waals surface area contributed by atoms with Crippen LogP contribution in [0.3, 0.4) is 0 Å². The number of hydrogen-bond donors (Lipinski definition) is 1. The second kappa shape index (κ2) is 7.04. The molecule has 3 nitrogen and oxygen atoms in total. The van der Waals surface area contributed by atoms with Crippen LogP contribution in [0.2, 0.25) is 0 Å². The molecule has 0 heterocycles. The molecular weight excluding hydrogens is 226 g/mol. The van der Waals surface area contributed by atoms with E-state index in [-0.39, 0.29) is 6.09 Å². The van der Waals surface area contributed by atoms with Crippen LogP contribution in [0.4, 0.5) is 4.79 Å². The Balaban J connectivity index is 1.69. The summed E-state index contributed by atoms with van der Waals surface area (Å²) < 4.78 is 5.24. The number of carbonyl (C=O) groups is 1. The van der Waals surface area contributed by atoms with Gasteiger partial charge in [-0.05, 0) is 24.8 Å². The van der Waals surface area contributed by atoms with Gasteiger partial charge in [-0.3, -0.25) is 0 Å². The van der Waals surface area contributed by atoms with E-state index in [9.17, 15) is 4.79 Å². The molecule has 0 aromatic carbocycles. The zero-order chi connectivity index (χ0) is 12.6. The molecule has 2 rings (SSSR count). The van der Waals surface area contributed by atoms with Crippen molar-refractivity contribution in [1.82, 2.24) is 5.32 Å². The van der Waals surface area contributed by atoms with Gasteiger partial charge in [-0.2, -0.15) is 0 Å². The van der Waals surface area contributed by atoms with Gasteiger partial charge >= 0.3 is 6.09 Å². The Morgan fingerprint density at radius 3 is 2.94 bits per heavy atom. The predicted octanol–water partition coefficient (Wildman–Crippen LogP) is 3.49. The minimum Gasteiger partial charge on any atom is -0.445 e. The third kappa shape index (κ3) is 4.40. The van der Waals surface area contributed by atoms with E-state index in [1.54, 1.807) is 0 Å². The monoisotopic (exact) mass is 247 g/mol. The highest BCUT2D eigenvalue weighted by molar-refractivity contribution is 5.67. The molecule has 0 unspecified atom stereocenters. The highest BCUT2D eigenvalue weighted by Gasteiger charge is 2.16. The maximum Gasteiger partial charge on any atom is 0.407 e. The summed E-state index contributed by atoms with van der Waals surface area (Å²) in [6, 6.07) is 0.312. The number of allylic oxidation sites excluding steroid dienone is 4. The lowest BCUT2D eigenvalue weighted by Gasteiger charge is -2.22. The Morgan fingerprint density at radius 2 is 2.11 bits per heavy atom. The number of nitrogens with one attached hydrogen (secondary N) is 1. The molecule has 0 spiro atoms. The number of alkyl carbamates (subject to hydrolysis) is 1. The maximum absolute atomic E-state index is 11.6. The van der Waals surface area contributed by atoms with E-state index >= 15 is 0 Å². The summed E-state index contributed by atoms with van der Waals surface area (Å²) in [6.45, 7) is 0.358. The largest absolute Gasteiger partial charge is 0.445 e. The van der Waals surface area contributed by atoms with Crippen LogP contribution in [-0.4, -0.2) is 18.7 Å². The van der Waals surface area contributed by atoms with Gasteiger partial charge in [0.15, 0.2) is 0 Å². The molecule has 0 aromatic heterocycles. The topological polar surface area (TPSA) is 38.3 Å². The van der Waals surface area contributed by atoms with E-state index in [1.165, 1.54) is 19.3 Å². The normalized spacial score (nSPS) is 20.1. The Morgan fingerprint density at radius 1 is 1.28 bits per heavy atom. The van der Waals surface area contributed by atoms with Crippen molar-refractivity contribution in [2.45, 2.75) is 44.6 Å². The predicted molar refractivity (Wildman–Crippen MR) is 72.3 cm³/mol. The lowest BCUT2D eigenvalue weighted by molar-refractivity contribution is 0.149. The van der Waals surface area contributed by atoms with Gasteiger partial charge in [0.25, 0.3) is 0 Å². The molecular formula is C15H21NO2. The molecule has 0 radical (unpaired) electrons. The molecule has 1 amide bonds. The van der Waals surface area contributed by atoms with Crippen molar-refractivity contribution in [1.29, 1.82) is 0 Å². The summed E-state index contributed by atoms with van der Waals surface area (Å²) in [5, 5.41) is 2.95. The number of amides is 1. The van der Waals surface area contributed by atoms with Crippen LogP contribution in [0.25, 0.3) is 0 Å². The molecule has 3 heteroatoms. The van der Waals surface area contributed by atoms with Crippen LogP contribution in [0, 0.1) is 0 Å². The van der Waals surface area contributed by atoms with Crippen LogP contribution < -0.4 is 5.32 Å². The van der Waals surface area contributed by atoms with Gasteiger partial charge in [-0.1, -0.05) is 49.6 Å². The van der Waals surface area contributed by atoms with Gasteiger partial charge < -0.3 is 10.1 Å². The van der Waals surface area contributed by atoms with Crippen LogP contribution in [0.1, 0.15) is 38.5 Å². The highest BCUT2D eigenvalue weighted by atomic mass is 16.5. The molecule has 0 aromatic rings. The van der Waals surface area contributed by atoms with Gasteiger partial charge in [0.05, 0.1) is 0 Å². The molecule has 2 aliphatic rings. The lowest BCUT2D eigenvalue weighted by atomic mass is 9.96. The zero-order valence-electron chi connectivity index (χ0n) is 10.7. The summed E-state index contributed by atoms with van der Waals surface area (Å²) in [4.78, 5) is 11.6. The molecule has 98 valence electrons. The van der Waals surface area contributed by atoms with E-state index < -0.39 is 0 Å². The second-order valence-corrected chi connectivity index (χ2v) is 4.86. The molecule has 18 heavy (non-hydrogen) atoms. The lowest BCUT2D eigenvalue weighted by Crippen LogP contribution is -2.36. The zero-order valence-corrected chi connectivity index (χ0v) is 10.7. The van der Waals surface area contributed by atoms with E-state index in [0.29, 0.717) is 12.6 Å². The molecule has 1 saturated carbocycles. The minimum absolute atomic E-state index is 0.284. The molecule has 0 saturated heterocycles. The molecule has 0 bridgehead atoms. The summed E-state index contributed by atoms with van der Waals surface area (Å²) >= 11 is 0. The van der Waals surface area contributed by atoms with Gasteiger partial charge in [-0.25, -0.2) is 4.79 Å². The molecule has 0 aliphatic heterocycles. The van der Waals surface area contributed by atoms with Crippen LogP contribution >= 0.6 is 0 Å². The number of hydrogen-bond acceptors (Lipinski definition) is 2. The van der Waals surface area contributed by atoms with Gasteiger partial charge in [0.2, 0.25) is 0 Å². The fourth-order valence-corrected chi connectivity index (χ4v) is 2.33. The van der Waals surface area contributed by atoms with Crippen molar-refractivity contribution >= 4 is 6.09 Å². The maximum atomic E-state index is 11.6. The summed E-state index contributed by atoms with van der Waals surface area (Å²) in [5.41, 5.74) is 1.05. The molecule has 2 aliphatic carbocycles. The summed E-state index contributed by atoms with van der Waals surface area (Å²) in [7, 11) is 0. The van der Waals surface area contributed by atoms with E-state index in [0.717, 1.165) is 24.8 Å². The van der Waals surface area contributed by atoms with Crippen LogP contribution in [0.5, 0.6) is 0 Å². The van der Waals surface area contributed by atoms with Gasteiger partial charge in [-0.15, -0.1) is 0 Å². The average Bonchev–Trinajstić information content (AvgIpc) is 2.66. The third-order valence-corrected chi connectivity index (χ3v) is 3.37. The molecule has 1 fully saturated rings. The third-order valence-electron chi connectivity index (χ3n) is 3.37. The molecule has 1 N–H and O–H groups in total. The van der Waals surface area contributed by atoms with Crippen molar-refractivity contribution in [3.05, 3.63) is 36.0 Å². The van der Waals surface area contributed by atoms with Crippen molar-refractivity contribution < 1.29 is 9.53 Å². The highest BCUT2D eigenvalue weighted by Crippen LogP contribution is 2.17. The fraction of sp³-hybridized carbons (Fsp3) is 0.533. The first-order chi connectivity index (χ1) is 8.84. The first kappa shape index (κ1) is 12.9. The number of carbonyl (C=O) groups excluding carboxylic acids is 1. The summed E-state index contributed by atoms with van der Waals surface area (Å²) in [5.74, 6) is 0. The number of rotatable bonds is 3. The van der Waals surface area contributed by atoms with Crippen molar-refractivity contribution in [3.8, 4) is 0 Å². The van der Waals surface area contributed by atoms with E-state index in [2.05, 4.69) is 17.5 Å². The van der Waals surface area contributed by atoms with Crippen LogP contribution in [0.15, 0.2) is 36.0 Å². The summed E-state index contributed by atoms with van der Waals surface area (Å²) in [6.07, 6.45) is 16.6. The SMILES string of the molecule is O=C(NC1CCCCC1)OCC1=CCC=CC=C1. The minimum atomic E-state index is -0.284. The average molecular weight is 247 g/mol. The first-order valence-corrected chi connectivity index (χ1v) is 6.80. The van der Waals surface area contributed by atoms with Crippen molar-refractivity contribution in [3.63, 3.8) is 0 Å². The van der Waals surface area contributed by atoms with Gasteiger partial charge in [0.1, 0.15) is 6.61 Å². The van der Waals surface area contributed by atoms with Crippen LogP contribution in [-0.2, 0) is 4.74 Å². The Bertz CT molecular complexity index is 363. The fourth-order valence-electron chi connectivity index (χ4n) is 2.33. The Hall–Kier alpha value is -1.51. The van der Waals surface area contributed by atoms with Gasteiger partial charge in [0, 0.05) is 6.04 Å². The Kier molecular flexibility index (Phi) is 5.06. The standard InChI is InChI=1S/C15H21NO2/c17-15(16-14-10-6-3-7-11-14)18-12-13-8-4-1-2-5-9-13/h1-2,4,8-9,14H,3,5-7,10-12H2,(H,16,17). The smallest absolute Gasteiger partial charge is 0.407 e. The quantitative estimate of drug-likeness (QED) is 0.829. The van der Waals surface area contributed by atoms with E-state index in [4.69, 9.17) is 4.74 Å². The van der Waals surface area contributed by atoms with Crippen molar-refractivity contribution in [2.24, 2.45) is 0 Å². The number of ether oxygens (including phenoxy) is 1. The first-order valence-electron chi connectivity index (χ1n) is 6.80.